The Morgan fingerprint density at radius 3 is 2.89 bits per heavy atom. The first-order valence-corrected chi connectivity index (χ1v) is 8.31. The summed E-state index contributed by atoms with van der Waals surface area (Å²) >= 11 is 0. The van der Waals surface area contributed by atoms with Crippen molar-refractivity contribution in [1.82, 2.24) is 10.4 Å². The Balaban J connectivity index is 1.75. The molecule has 4 heterocycles. The largest absolute Gasteiger partial charge is 0.754 e. The zero-order valence-corrected chi connectivity index (χ0v) is 14.3. The number of amidine groups is 1. The Morgan fingerprint density at radius 2 is 2.21 bits per heavy atom. The van der Waals surface area contributed by atoms with Crippen LogP contribution >= 0.6 is 0 Å². The highest BCUT2D eigenvalue weighted by molar-refractivity contribution is 6.35. The molecule has 0 aliphatic carbocycles. The second-order valence-corrected chi connectivity index (χ2v) is 6.31. The zero-order valence-electron chi connectivity index (χ0n) is 14.3. The molecule has 4 rings (SSSR count). The lowest BCUT2D eigenvalue weighted by atomic mass is 10.1. The molecule has 1 aromatic rings. The minimum absolute atomic E-state index is 0.118. The molecule has 3 aliphatic heterocycles. The minimum atomic E-state index is -1.30. The van der Waals surface area contributed by atoms with E-state index in [4.69, 9.17) is 9.84 Å². The number of carbonyl (C=O) groups is 1. The number of anilines is 1. The molecule has 1 fully saturated rings. The van der Waals surface area contributed by atoms with Crippen LogP contribution < -0.4 is 20.2 Å². The van der Waals surface area contributed by atoms with Crippen LogP contribution in [-0.2, 0) is 9.53 Å². The first kappa shape index (κ1) is 18.3. The summed E-state index contributed by atoms with van der Waals surface area (Å²) in [5, 5.41) is 57.1. The third kappa shape index (κ3) is 2.89. The molecule has 12 heteroatoms. The number of pyridine rings is 1. The van der Waals surface area contributed by atoms with Crippen LogP contribution in [0.25, 0.3) is 6.20 Å². The third-order valence-electron chi connectivity index (χ3n) is 4.59. The number of nitrogens with zero attached hydrogens (tertiary/aromatic N) is 3. The van der Waals surface area contributed by atoms with Crippen molar-refractivity contribution in [2.45, 2.75) is 24.5 Å². The third-order valence-corrected chi connectivity index (χ3v) is 4.59. The lowest BCUT2D eigenvalue weighted by Crippen LogP contribution is -2.54. The predicted molar refractivity (Wildman–Crippen MR) is 92.2 cm³/mol. The molecule has 12 nitrogen and oxygen atoms in total. The smallest absolute Gasteiger partial charge is 0.396 e. The van der Waals surface area contributed by atoms with E-state index < -0.39 is 37.1 Å². The van der Waals surface area contributed by atoms with Gasteiger partial charge < -0.3 is 40.8 Å². The number of aliphatic carboxylic acids is 1. The molecule has 1 saturated heterocycles. The Kier molecular flexibility index (Phi) is 4.49. The number of nitrogens with one attached hydrogen (secondary N) is 2. The van der Waals surface area contributed by atoms with Crippen LogP contribution in [0.15, 0.2) is 35.2 Å². The number of aliphatic imine (C=N–C) groups is 1. The van der Waals surface area contributed by atoms with Gasteiger partial charge in [0, 0.05) is 6.20 Å². The van der Waals surface area contributed by atoms with Crippen molar-refractivity contribution >= 4 is 23.7 Å². The van der Waals surface area contributed by atoms with Crippen molar-refractivity contribution in [2.24, 2.45) is 4.99 Å². The van der Waals surface area contributed by atoms with E-state index in [1.807, 2.05) is 0 Å². The summed E-state index contributed by atoms with van der Waals surface area (Å²) in [4.78, 5) is 14.9. The molecule has 6 N–H and O–H groups in total. The zero-order chi connectivity index (χ0) is 20.0. The van der Waals surface area contributed by atoms with Crippen molar-refractivity contribution in [1.29, 1.82) is 0 Å². The molecule has 148 valence electrons. The Morgan fingerprint density at radius 1 is 1.43 bits per heavy atom. The van der Waals surface area contributed by atoms with Crippen molar-refractivity contribution in [3.05, 3.63) is 46.6 Å². The van der Waals surface area contributed by atoms with E-state index in [0.717, 1.165) is 6.20 Å². The lowest BCUT2D eigenvalue weighted by molar-refractivity contribution is -0.540. The van der Waals surface area contributed by atoms with Crippen LogP contribution in [0.2, 0.25) is 0 Å². The van der Waals surface area contributed by atoms with Crippen molar-refractivity contribution < 1.29 is 34.2 Å². The van der Waals surface area contributed by atoms with Gasteiger partial charge in [0.15, 0.2) is 11.6 Å². The highest BCUT2D eigenvalue weighted by Crippen LogP contribution is 2.22. The average molecular weight is 391 g/mol. The number of rotatable bonds is 4. The molecule has 0 aromatic carbocycles. The van der Waals surface area contributed by atoms with Crippen molar-refractivity contribution in [3.63, 3.8) is 0 Å². The Bertz CT molecular complexity index is 1010. The maximum absolute atomic E-state index is 12.4. The van der Waals surface area contributed by atoms with Crippen molar-refractivity contribution in [2.75, 3.05) is 11.9 Å². The summed E-state index contributed by atoms with van der Waals surface area (Å²) in [6.45, 7) is -0.466. The molecule has 0 radical (unpaired) electrons. The minimum Gasteiger partial charge on any atom is -0.754 e. The van der Waals surface area contributed by atoms with Crippen LogP contribution in [0.4, 0.5) is 5.69 Å². The first-order chi connectivity index (χ1) is 13.4. The number of aliphatic hydroxyl groups excluding tert-OH is 3. The molecule has 3 aliphatic rings. The van der Waals surface area contributed by atoms with Crippen molar-refractivity contribution in [3.8, 4) is 0 Å². The van der Waals surface area contributed by atoms with E-state index in [1.54, 1.807) is 22.6 Å². The standard InChI is InChI=1S/C16H16N5O7/c22-6-10-11(23)12(24)15(28-10)18-7-2-1-3-20-9(7)5-21(27)8-4-17-13(16(25)26)19-14(8)20/h1-5,10-12,15,18,22-24H,6H2,(H,25,26)/q-1/p+1/t10-,11-,12-,15-/m1/s1. The van der Waals surface area contributed by atoms with E-state index in [2.05, 4.69) is 15.6 Å². The van der Waals surface area contributed by atoms with E-state index in [-0.39, 0.29) is 17.4 Å². The molecule has 28 heavy (non-hydrogen) atoms. The van der Waals surface area contributed by atoms with Gasteiger partial charge in [-0.05, 0) is 12.1 Å². The number of ether oxygens (including phenoxy) is 1. The highest BCUT2D eigenvalue weighted by Gasteiger charge is 2.42. The van der Waals surface area contributed by atoms with Gasteiger partial charge in [-0.1, -0.05) is 0 Å². The fraction of sp³-hybridized carbons (Fsp3) is 0.312. The van der Waals surface area contributed by atoms with Gasteiger partial charge in [-0.3, -0.25) is 0 Å². The number of carboxylic acid groups (broad SMARTS) is 1. The van der Waals surface area contributed by atoms with Gasteiger partial charge in [0.25, 0.3) is 0 Å². The number of hydrogen-bond donors (Lipinski definition) is 6. The number of carboxylic acids is 1. The quantitative estimate of drug-likeness (QED) is 0.284. The number of aromatic nitrogens is 1. The summed E-state index contributed by atoms with van der Waals surface area (Å²) in [6.07, 6.45) is -0.520. The summed E-state index contributed by atoms with van der Waals surface area (Å²) in [5.41, 5.74) is 0.499. The van der Waals surface area contributed by atoms with Gasteiger partial charge in [-0.15, -0.1) is 0 Å². The molecule has 0 unspecified atom stereocenters. The molecular formula is C16H17N5O7. The topological polar surface area (TPSA) is 176 Å². The van der Waals surface area contributed by atoms with Crippen LogP contribution in [0.5, 0.6) is 0 Å². The van der Waals surface area contributed by atoms with Gasteiger partial charge >= 0.3 is 17.6 Å². The molecule has 0 bridgehead atoms. The summed E-state index contributed by atoms with van der Waals surface area (Å²) < 4.78 is 6.95. The fourth-order valence-corrected chi connectivity index (χ4v) is 3.17. The summed E-state index contributed by atoms with van der Waals surface area (Å²) in [5.74, 6) is -1.42. The van der Waals surface area contributed by atoms with Gasteiger partial charge in [0.05, 0.1) is 24.7 Å². The Labute approximate surface area is 157 Å². The number of fused-ring (bicyclic) bond motifs is 2. The van der Waals surface area contributed by atoms with Crippen LogP contribution in [0.1, 0.15) is 0 Å². The van der Waals surface area contributed by atoms with E-state index in [9.17, 15) is 25.3 Å². The second kappa shape index (κ2) is 6.85. The van der Waals surface area contributed by atoms with E-state index in [0.29, 0.717) is 16.1 Å². The number of hydrogen-bond acceptors (Lipinski definition) is 10. The Hall–Kier alpha value is -3.03. The predicted octanol–water partition coefficient (Wildman–Crippen LogP) is -3.36. The molecular weight excluding hydrogens is 374 g/mol. The van der Waals surface area contributed by atoms with Gasteiger partial charge in [0.1, 0.15) is 24.0 Å². The van der Waals surface area contributed by atoms with E-state index in [1.165, 1.54) is 6.20 Å². The second-order valence-electron chi connectivity index (χ2n) is 6.31. The number of aliphatic hydroxyl groups is 3. The highest BCUT2D eigenvalue weighted by atomic mass is 16.6. The maximum Gasteiger partial charge on any atom is 0.396 e. The maximum atomic E-state index is 12.4. The average Bonchev–Trinajstić information content (AvgIpc) is 2.96. The van der Waals surface area contributed by atoms with Gasteiger partial charge in [-0.2, -0.15) is 4.24 Å². The monoisotopic (exact) mass is 391 g/mol. The summed E-state index contributed by atoms with van der Waals surface area (Å²) in [7, 11) is 0. The SMILES string of the molecule is O=C(O)C1=NC=C2C(=[n+]3cccc(N[C@@H]4O[C@H](CO)[C@@H](O)[C@H]4O)c3=CN2[O-])N1. The normalized spacial score (nSPS) is 28.4. The van der Waals surface area contributed by atoms with Gasteiger partial charge in [-0.25, -0.2) is 15.1 Å². The van der Waals surface area contributed by atoms with Crippen LogP contribution in [-0.4, -0.2) is 68.4 Å². The fourth-order valence-electron chi connectivity index (χ4n) is 3.17. The van der Waals surface area contributed by atoms with E-state index >= 15 is 0 Å². The first-order valence-electron chi connectivity index (χ1n) is 8.31. The van der Waals surface area contributed by atoms with Gasteiger partial charge in [0.2, 0.25) is 0 Å². The van der Waals surface area contributed by atoms with Crippen LogP contribution in [0.3, 0.4) is 0 Å². The lowest BCUT2D eigenvalue weighted by Gasteiger charge is -2.30. The van der Waals surface area contributed by atoms with Crippen LogP contribution in [0, 0.1) is 11.0 Å². The number of hydroxylamine groups is 2. The summed E-state index contributed by atoms with van der Waals surface area (Å²) in [6, 6.07) is 3.26. The molecule has 0 saturated carbocycles. The molecule has 0 spiro atoms. The molecule has 1 aromatic heterocycles. The molecule has 4 atom stereocenters. The molecule has 0 amide bonds.